The van der Waals surface area contributed by atoms with Gasteiger partial charge in [0.1, 0.15) is 18.3 Å². The SMILES string of the molecule is CCCCCCCCCCCCCCCCCCCCCCCCCC(=O)N[C@@H](CN[C@@H]1[C@H](O)[C@@H](O)[C@@H](O)[C@@H](CO)[C@H]1O)[C@H](O)[C@H](O)CCCCCCCCCCCCCC.Cl. The Kier molecular flexibility index (Phi) is 42.6. The van der Waals surface area contributed by atoms with Crippen molar-refractivity contribution in [1.29, 1.82) is 0 Å². The number of carbonyl (C=O) groups excluding carboxylic acids is 1. The van der Waals surface area contributed by atoms with E-state index in [0.717, 1.165) is 44.9 Å². The number of nitrogens with one attached hydrogen (secondary N) is 2. The molecule has 372 valence electrons. The highest BCUT2D eigenvalue weighted by molar-refractivity contribution is 5.85. The highest BCUT2D eigenvalue weighted by Gasteiger charge is 2.48. The average molecular weight is 908 g/mol. The van der Waals surface area contributed by atoms with Crippen molar-refractivity contribution < 1.29 is 40.5 Å². The van der Waals surface area contributed by atoms with Crippen molar-refractivity contribution in [2.45, 2.75) is 300 Å². The van der Waals surface area contributed by atoms with Crippen LogP contribution in [0.1, 0.15) is 251 Å². The van der Waals surface area contributed by atoms with Crippen LogP contribution in [-0.4, -0.2) is 104 Å². The lowest BCUT2D eigenvalue weighted by molar-refractivity contribution is -0.173. The van der Waals surface area contributed by atoms with E-state index in [4.69, 9.17) is 0 Å². The van der Waals surface area contributed by atoms with Gasteiger partial charge in [-0.05, 0) is 12.8 Å². The molecule has 9 atom stereocenters. The minimum Gasteiger partial charge on any atom is -0.396 e. The molecule has 0 spiro atoms. The summed E-state index contributed by atoms with van der Waals surface area (Å²) < 4.78 is 0. The van der Waals surface area contributed by atoms with Gasteiger partial charge < -0.3 is 46.4 Å². The Labute approximate surface area is 387 Å². The van der Waals surface area contributed by atoms with Crippen molar-refractivity contribution in [3.63, 3.8) is 0 Å². The van der Waals surface area contributed by atoms with Crippen molar-refractivity contribution in [3.8, 4) is 0 Å². The van der Waals surface area contributed by atoms with E-state index in [1.807, 2.05) is 0 Å². The molecule has 0 unspecified atom stereocenters. The summed E-state index contributed by atoms with van der Waals surface area (Å²) in [6, 6.07) is -2.04. The zero-order valence-electron chi connectivity index (χ0n) is 40.2. The van der Waals surface area contributed by atoms with Gasteiger partial charge >= 0.3 is 0 Å². The Morgan fingerprint density at radius 3 is 1.16 bits per heavy atom. The Bertz CT molecular complexity index is 969. The summed E-state index contributed by atoms with van der Waals surface area (Å²) >= 11 is 0. The fourth-order valence-corrected chi connectivity index (χ4v) is 9.30. The molecule has 1 amide bonds. The second-order valence-corrected chi connectivity index (χ2v) is 19.2. The van der Waals surface area contributed by atoms with Crippen LogP contribution >= 0.6 is 12.4 Å². The van der Waals surface area contributed by atoms with Gasteiger partial charge in [0.25, 0.3) is 0 Å². The number of aliphatic hydroxyl groups is 7. The third kappa shape index (κ3) is 30.6. The molecule has 0 saturated heterocycles. The predicted octanol–water partition coefficient (Wildman–Crippen LogP) is 10.1. The second kappa shape index (κ2) is 43.0. The molecule has 1 saturated carbocycles. The van der Waals surface area contributed by atoms with E-state index in [1.54, 1.807) is 0 Å². The van der Waals surface area contributed by atoms with Gasteiger partial charge in [0, 0.05) is 18.9 Å². The molecule has 0 heterocycles. The van der Waals surface area contributed by atoms with Crippen molar-refractivity contribution in [2.75, 3.05) is 13.2 Å². The van der Waals surface area contributed by atoms with Crippen molar-refractivity contribution in [1.82, 2.24) is 10.6 Å². The number of unbranched alkanes of at least 4 members (excludes halogenated alkanes) is 33. The first-order chi connectivity index (χ1) is 29.7. The third-order valence-corrected chi connectivity index (χ3v) is 13.6. The van der Waals surface area contributed by atoms with E-state index in [-0.39, 0.29) is 24.9 Å². The lowest BCUT2D eigenvalue weighted by Gasteiger charge is -2.44. The molecule has 1 aliphatic rings. The summed E-state index contributed by atoms with van der Waals surface area (Å²) in [6.07, 6.45) is 36.7. The molecule has 1 aliphatic carbocycles. The molecule has 10 nitrogen and oxygen atoms in total. The van der Waals surface area contributed by atoms with Crippen LogP contribution in [0.2, 0.25) is 0 Å². The van der Waals surface area contributed by atoms with Crippen LogP contribution in [0, 0.1) is 5.92 Å². The number of rotatable bonds is 44. The molecule has 9 N–H and O–H groups in total. The highest BCUT2D eigenvalue weighted by atomic mass is 35.5. The minimum atomic E-state index is -1.59. The highest BCUT2D eigenvalue weighted by Crippen LogP contribution is 2.27. The number of hydrogen-bond acceptors (Lipinski definition) is 9. The van der Waals surface area contributed by atoms with Crippen LogP contribution in [0.4, 0.5) is 0 Å². The van der Waals surface area contributed by atoms with Crippen LogP contribution in [0.25, 0.3) is 0 Å². The van der Waals surface area contributed by atoms with Crippen LogP contribution in [0.3, 0.4) is 0 Å². The molecule has 11 heteroatoms. The Morgan fingerprint density at radius 2 is 0.806 bits per heavy atom. The first kappa shape index (κ1) is 61.4. The van der Waals surface area contributed by atoms with E-state index < -0.39 is 61.2 Å². The van der Waals surface area contributed by atoms with Gasteiger partial charge in [-0.15, -0.1) is 12.4 Å². The van der Waals surface area contributed by atoms with Crippen LogP contribution in [0.15, 0.2) is 0 Å². The first-order valence-corrected chi connectivity index (χ1v) is 26.4. The standard InChI is InChI=1S/C51H102N2O8.ClH/c1-3-5-7-9-11-13-15-17-18-19-20-21-22-23-24-25-26-27-29-31-33-35-37-39-45(56)53-43(40-52-46-47(57)42(41-54)48(58)51(61)50(46)60)49(59)44(55)38-36-34-32-30-28-16-14-12-10-8-6-4-2;/h42-44,46-52,54-55,57-61H,3-41H2,1-2H3,(H,53,56);1H/t42-,43-,44+,46-,47+,48-,49-,50-,51-;/m0./s1. The van der Waals surface area contributed by atoms with E-state index in [0.29, 0.717) is 12.8 Å². The maximum atomic E-state index is 13.1. The number of halogens is 1. The average Bonchev–Trinajstić information content (AvgIpc) is 3.25. The maximum Gasteiger partial charge on any atom is 0.220 e. The van der Waals surface area contributed by atoms with Crippen LogP contribution in [-0.2, 0) is 4.79 Å². The molecule has 0 aliphatic heterocycles. The summed E-state index contributed by atoms with van der Waals surface area (Å²) in [6.45, 7) is 3.83. The molecule has 1 fully saturated rings. The van der Waals surface area contributed by atoms with Gasteiger partial charge in [-0.3, -0.25) is 4.79 Å². The number of aliphatic hydroxyl groups excluding tert-OH is 7. The molecule has 0 aromatic carbocycles. The predicted molar refractivity (Wildman–Crippen MR) is 260 cm³/mol. The van der Waals surface area contributed by atoms with E-state index in [9.17, 15) is 40.5 Å². The van der Waals surface area contributed by atoms with E-state index >= 15 is 0 Å². The number of carbonyl (C=O) groups is 1. The molecule has 1 rings (SSSR count). The smallest absolute Gasteiger partial charge is 0.220 e. The van der Waals surface area contributed by atoms with E-state index in [2.05, 4.69) is 24.5 Å². The zero-order valence-corrected chi connectivity index (χ0v) is 41.0. The molecular formula is C51H103ClN2O8. The Balaban J connectivity index is 0.0000372. The summed E-state index contributed by atoms with van der Waals surface area (Å²) in [5.41, 5.74) is 0. The van der Waals surface area contributed by atoms with Gasteiger partial charge in [-0.2, -0.15) is 0 Å². The van der Waals surface area contributed by atoms with Crippen molar-refractivity contribution in [2.24, 2.45) is 5.92 Å². The molecule has 0 aromatic heterocycles. The summed E-state index contributed by atoms with van der Waals surface area (Å²) in [5, 5.41) is 79.9. The monoisotopic (exact) mass is 907 g/mol. The normalized spacial score (nSPS) is 21.7. The largest absolute Gasteiger partial charge is 0.396 e. The lowest BCUT2D eigenvalue weighted by Crippen LogP contribution is -2.67. The molecule has 0 radical (unpaired) electrons. The van der Waals surface area contributed by atoms with Crippen LogP contribution in [0.5, 0.6) is 0 Å². The summed E-state index contributed by atoms with van der Waals surface area (Å²) in [7, 11) is 0. The van der Waals surface area contributed by atoms with Gasteiger partial charge in [0.15, 0.2) is 0 Å². The maximum absolute atomic E-state index is 13.1. The Hall–Kier alpha value is -0.560. The van der Waals surface area contributed by atoms with Gasteiger partial charge in [-0.25, -0.2) is 0 Å². The molecule has 0 aromatic rings. The van der Waals surface area contributed by atoms with Gasteiger partial charge in [-0.1, -0.05) is 232 Å². The quantitative estimate of drug-likeness (QED) is 0.0269. The van der Waals surface area contributed by atoms with Crippen LogP contribution < -0.4 is 10.6 Å². The molecule has 62 heavy (non-hydrogen) atoms. The fraction of sp³-hybridized carbons (Fsp3) is 0.980. The zero-order chi connectivity index (χ0) is 44.8. The summed E-state index contributed by atoms with van der Waals surface area (Å²) in [5.74, 6) is -1.32. The summed E-state index contributed by atoms with van der Waals surface area (Å²) in [4.78, 5) is 13.1. The van der Waals surface area contributed by atoms with Gasteiger partial charge in [0.05, 0.1) is 37.0 Å². The second-order valence-electron chi connectivity index (χ2n) is 19.2. The fourth-order valence-electron chi connectivity index (χ4n) is 9.30. The first-order valence-electron chi connectivity index (χ1n) is 26.4. The van der Waals surface area contributed by atoms with E-state index in [1.165, 1.54) is 180 Å². The Morgan fingerprint density at radius 1 is 0.468 bits per heavy atom. The van der Waals surface area contributed by atoms with Gasteiger partial charge in [0.2, 0.25) is 5.91 Å². The van der Waals surface area contributed by atoms with Crippen molar-refractivity contribution >= 4 is 18.3 Å². The topological polar surface area (TPSA) is 183 Å². The molecular weight excluding hydrogens is 804 g/mol. The third-order valence-electron chi connectivity index (χ3n) is 13.6. The number of hydrogen-bond donors (Lipinski definition) is 9. The lowest BCUT2D eigenvalue weighted by atomic mass is 9.77. The number of amides is 1. The van der Waals surface area contributed by atoms with Crippen molar-refractivity contribution in [3.05, 3.63) is 0 Å². The molecule has 0 bridgehead atoms. The minimum absolute atomic E-state index is 0.